The Morgan fingerprint density at radius 3 is 0.964 bits per heavy atom. The van der Waals surface area contributed by atoms with Crippen molar-refractivity contribution in [3.8, 4) is 0 Å². The fourth-order valence-corrected chi connectivity index (χ4v) is 8.01. The zero-order valence-electron chi connectivity index (χ0n) is 19.6. The lowest BCUT2D eigenvalue weighted by Gasteiger charge is -2.24. The minimum atomic E-state index is -0.880. The average molecular weight is 430 g/mol. The van der Waals surface area contributed by atoms with Crippen LogP contribution in [0.25, 0.3) is 0 Å². The zero-order chi connectivity index (χ0) is 20.1. The number of rotatable bonds is 22. The van der Waals surface area contributed by atoms with Crippen LogP contribution in [0, 0.1) is 0 Å². The maximum absolute atomic E-state index is 4.37. The van der Waals surface area contributed by atoms with Crippen LogP contribution in [0.1, 0.15) is 136 Å². The van der Waals surface area contributed by atoms with Gasteiger partial charge in [0.2, 0.25) is 0 Å². The molecule has 0 saturated heterocycles. The lowest BCUT2D eigenvalue weighted by molar-refractivity contribution is 0.616. The van der Waals surface area contributed by atoms with Gasteiger partial charge in [-0.2, -0.15) is 0 Å². The molecule has 0 N–H and O–H groups in total. The van der Waals surface area contributed by atoms with Gasteiger partial charge in [-0.15, -0.1) is 0 Å². The highest BCUT2D eigenvalue weighted by Gasteiger charge is 2.32. The molecule has 0 aromatic heterocycles. The van der Waals surface area contributed by atoms with Gasteiger partial charge in [0, 0.05) is 7.26 Å². The molecule has 28 heavy (non-hydrogen) atoms. The van der Waals surface area contributed by atoms with Crippen molar-refractivity contribution in [3.63, 3.8) is 0 Å². The minimum Gasteiger partial charge on any atom is -0.0654 e. The van der Waals surface area contributed by atoms with Crippen LogP contribution in [-0.4, -0.2) is 29.5 Å². The van der Waals surface area contributed by atoms with E-state index in [0.717, 1.165) is 0 Å². The second-order valence-electron chi connectivity index (χ2n) is 8.88. The van der Waals surface area contributed by atoms with E-state index in [4.69, 9.17) is 0 Å². The van der Waals surface area contributed by atoms with E-state index in [1.54, 1.807) is 0 Å². The monoisotopic (exact) mass is 429 g/mol. The number of hydrogen-bond acceptors (Lipinski definition) is 0. The van der Waals surface area contributed by atoms with Crippen LogP contribution >= 0.6 is 7.26 Å². The van der Waals surface area contributed by atoms with Crippen molar-refractivity contribution in [3.05, 3.63) is 12.4 Å². The predicted octanol–water partition coefficient (Wildman–Crippen LogP) is 8.78. The molecule has 0 saturated carbocycles. The van der Waals surface area contributed by atoms with Crippen molar-refractivity contribution in [2.75, 3.05) is 18.5 Å². The molecule has 170 valence electrons. The Bertz CT molecular complexity index is 262. The fraction of sp³-hybridized carbons (Fsp3) is 0.923. The summed E-state index contributed by atoms with van der Waals surface area (Å²) in [7, 11) is -0.880. The minimum absolute atomic E-state index is 0. The van der Waals surface area contributed by atoms with E-state index < -0.39 is 7.26 Å². The van der Waals surface area contributed by atoms with E-state index in [0.29, 0.717) is 0 Å². The number of hydrogen-bond donors (Lipinski definition) is 0. The lowest BCUT2D eigenvalue weighted by atomic mass is 10.1. The third kappa shape index (κ3) is 18.4. The average Bonchev–Trinajstić information content (AvgIpc) is 2.69. The van der Waals surface area contributed by atoms with Crippen molar-refractivity contribution in [1.82, 2.24) is 0 Å². The summed E-state index contributed by atoms with van der Waals surface area (Å²) in [6.45, 7) is 11.3. The molecule has 0 amide bonds. The Morgan fingerprint density at radius 2 is 0.714 bits per heavy atom. The second-order valence-corrected chi connectivity index (χ2v) is 13.0. The van der Waals surface area contributed by atoms with Crippen molar-refractivity contribution in [1.29, 1.82) is 0 Å². The van der Waals surface area contributed by atoms with Gasteiger partial charge in [0.15, 0.2) is 0 Å². The SMILES string of the molecule is C=C[P+](CCCCCCCC)(CCCCCCCC)CCCCCCCC.[SiH4]. The Balaban J connectivity index is 0. The maximum Gasteiger partial charge on any atom is 0.0635 e. The lowest BCUT2D eigenvalue weighted by Crippen LogP contribution is -2.07. The summed E-state index contributed by atoms with van der Waals surface area (Å²) < 4.78 is 0. The molecule has 0 fully saturated rings. The first-order chi connectivity index (χ1) is 13.2. The zero-order valence-corrected chi connectivity index (χ0v) is 20.5. The molecule has 0 aliphatic heterocycles. The smallest absolute Gasteiger partial charge is 0.0635 e. The van der Waals surface area contributed by atoms with Crippen molar-refractivity contribution in [2.45, 2.75) is 136 Å². The van der Waals surface area contributed by atoms with Crippen LogP contribution in [0.4, 0.5) is 0 Å². The van der Waals surface area contributed by atoms with Crippen LogP contribution in [0.15, 0.2) is 12.4 Å². The van der Waals surface area contributed by atoms with E-state index in [9.17, 15) is 0 Å². The summed E-state index contributed by atoms with van der Waals surface area (Å²) in [4.78, 5) is 0. The van der Waals surface area contributed by atoms with E-state index in [1.165, 1.54) is 134 Å². The summed E-state index contributed by atoms with van der Waals surface area (Å²) in [5.74, 6) is 2.48. The van der Waals surface area contributed by atoms with Gasteiger partial charge >= 0.3 is 0 Å². The highest BCUT2D eigenvalue weighted by Crippen LogP contribution is 2.62. The quantitative estimate of drug-likeness (QED) is 0.0916. The molecule has 0 spiro atoms. The van der Waals surface area contributed by atoms with Crippen LogP contribution in [0.5, 0.6) is 0 Å². The molecule has 0 radical (unpaired) electrons. The fourth-order valence-electron chi connectivity index (χ4n) is 4.23. The first-order valence-corrected chi connectivity index (χ1v) is 15.2. The Hall–Kier alpha value is 0.387. The van der Waals surface area contributed by atoms with Gasteiger partial charge < -0.3 is 0 Å². The molecule has 0 bridgehead atoms. The van der Waals surface area contributed by atoms with Crippen LogP contribution in [0.2, 0.25) is 0 Å². The molecule has 2 heteroatoms. The first-order valence-electron chi connectivity index (χ1n) is 12.7. The van der Waals surface area contributed by atoms with Crippen molar-refractivity contribution in [2.24, 2.45) is 0 Å². The largest absolute Gasteiger partial charge is 0.0654 e. The van der Waals surface area contributed by atoms with Gasteiger partial charge in [-0.3, -0.25) is 0 Å². The topological polar surface area (TPSA) is 0 Å². The standard InChI is InChI=1S/C26H54P.H4Si/c1-5-9-12-15-18-21-24-27(8-4,25-22-19-16-13-10-6-2)26-23-20-17-14-11-7-3;/h8H,4-7,9-26H2,1-3H3;1H4/q+1;. The van der Waals surface area contributed by atoms with Crippen LogP contribution in [-0.2, 0) is 0 Å². The van der Waals surface area contributed by atoms with Gasteiger partial charge in [-0.1, -0.05) is 104 Å². The molecular weight excluding hydrogens is 371 g/mol. The molecule has 0 aliphatic rings. The van der Waals surface area contributed by atoms with Gasteiger partial charge in [0.1, 0.15) is 0 Å². The van der Waals surface area contributed by atoms with Gasteiger partial charge in [-0.05, 0) is 49.5 Å². The normalized spacial score (nSPS) is 11.4. The van der Waals surface area contributed by atoms with Gasteiger partial charge in [-0.25, -0.2) is 0 Å². The summed E-state index contributed by atoms with van der Waals surface area (Å²) in [5, 5.41) is 0. The summed E-state index contributed by atoms with van der Waals surface area (Å²) in [6.07, 6.45) is 30.4. The highest BCUT2D eigenvalue weighted by atomic mass is 31.2. The third-order valence-electron chi connectivity index (χ3n) is 6.26. The number of unbranched alkanes of at least 4 members (excludes halogenated alkanes) is 15. The predicted molar refractivity (Wildman–Crippen MR) is 143 cm³/mol. The van der Waals surface area contributed by atoms with E-state index in [-0.39, 0.29) is 11.0 Å². The highest BCUT2D eigenvalue weighted by molar-refractivity contribution is 7.78. The molecule has 0 atom stereocenters. The Morgan fingerprint density at radius 1 is 0.464 bits per heavy atom. The van der Waals surface area contributed by atoms with E-state index in [2.05, 4.69) is 33.2 Å². The van der Waals surface area contributed by atoms with E-state index in [1.807, 2.05) is 0 Å². The summed E-state index contributed by atoms with van der Waals surface area (Å²) in [6, 6.07) is 0. The molecule has 0 heterocycles. The van der Waals surface area contributed by atoms with Crippen molar-refractivity contribution >= 4 is 18.2 Å². The second kappa shape index (κ2) is 23.7. The maximum atomic E-state index is 4.37. The molecule has 0 rings (SSSR count). The first kappa shape index (κ1) is 30.6. The summed E-state index contributed by atoms with van der Waals surface area (Å²) in [5.41, 5.74) is 0. The molecule has 0 aliphatic carbocycles. The van der Waals surface area contributed by atoms with Crippen molar-refractivity contribution < 1.29 is 0 Å². The Kier molecular flexibility index (Phi) is 25.8. The van der Waals surface area contributed by atoms with Crippen LogP contribution in [0.3, 0.4) is 0 Å². The molecule has 0 unspecified atom stereocenters. The molecule has 0 aromatic carbocycles. The molecule has 0 nitrogen and oxygen atoms in total. The Labute approximate surface area is 185 Å². The van der Waals surface area contributed by atoms with Crippen LogP contribution < -0.4 is 0 Å². The summed E-state index contributed by atoms with van der Waals surface area (Å²) >= 11 is 0. The van der Waals surface area contributed by atoms with Gasteiger partial charge in [0.25, 0.3) is 0 Å². The molecule has 0 aromatic rings. The van der Waals surface area contributed by atoms with Gasteiger partial charge in [0.05, 0.1) is 24.3 Å². The third-order valence-corrected chi connectivity index (χ3v) is 10.7. The van der Waals surface area contributed by atoms with E-state index >= 15 is 0 Å². The molecular formula is C26H58PSi+.